The fourth-order valence-electron chi connectivity index (χ4n) is 0.800. The van der Waals surface area contributed by atoms with Crippen LogP contribution in [0.25, 0.3) is 0 Å². The van der Waals surface area contributed by atoms with Gasteiger partial charge in [0.25, 0.3) is 0 Å². The summed E-state index contributed by atoms with van der Waals surface area (Å²) in [6, 6.07) is 0.301. The molecular formula is C6H4F3N3O2. The highest BCUT2D eigenvalue weighted by atomic mass is 19.4. The highest BCUT2D eigenvalue weighted by Gasteiger charge is 2.35. The van der Waals surface area contributed by atoms with Crippen LogP contribution in [0.15, 0.2) is 12.3 Å². The van der Waals surface area contributed by atoms with Crippen molar-refractivity contribution in [1.82, 2.24) is 4.98 Å². The summed E-state index contributed by atoms with van der Waals surface area (Å²) >= 11 is 0. The molecule has 2 N–H and O–H groups in total. The number of nitrogen functional groups attached to an aromatic ring is 1. The van der Waals surface area contributed by atoms with E-state index >= 15 is 0 Å². The van der Waals surface area contributed by atoms with Gasteiger partial charge < -0.3 is 15.8 Å². The summed E-state index contributed by atoms with van der Waals surface area (Å²) in [6.45, 7) is 0. The van der Waals surface area contributed by atoms with Gasteiger partial charge >= 0.3 is 12.0 Å². The third kappa shape index (κ3) is 1.90. The zero-order valence-corrected chi connectivity index (χ0v) is 6.58. The van der Waals surface area contributed by atoms with E-state index in [2.05, 4.69) is 4.98 Å². The van der Waals surface area contributed by atoms with E-state index in [-0.39, 0.29) is 0 Å². The average molecular weight is 207 g/mol. The molecule has 0 aliphatic heterocycles. The second-order valence-electron chi connectivity index (χ2n) is 2.38. The molecule has 1 rings (SSSR count). The number of nitro groups is 1. The molecule has 0 aliphatic rings. The van der Waals surface area contributed by atoms with Gasteiger partial charge in [-0.3, -0.25) is 0 Å². The number of nitrogens with two attached hydrogens (primary N) is 1. The Balaban J connectivity index is 3.29. The van der Waals surface area contributed by atoms with Gasteiger partial charge in [-0.25, -0.2) is 0 Å². The number of rotatable bonds is 1. The number of pyridine rings is 1. The van der Waals surface area contributed by atoms with Gasteiger partial charge in [0.15, 0.2) is 6.20 Å². The number of hydrogen-bond donors (Lipinski definition) is 1. The smallest absolute Gasteiger partial charge is 0.395 e. The van der Waals surface area contributed by atoms with Crippen molar-refractivity contribution in [1.29, 1.82) is 0 Å². The Hall–Kier alpha value is -1.86. The van der Waals surface area contributed by atoms with Crippen LogP contribution in [0, 0.1) is 10.1 Å². The molecule has 0 amide bonds. The molecule has 0 fully saturated rings. The van der Waals surface area contributed by atoms with Crippen molar-refractivity contribution in [2.24, 2.45) is 0 Å². The highest BCUT2D eigenvalue weighted by Crippen LogP contribution is 2.34. The maximum absolute atomic E-state index is 12.2. The normalized spacial score (nSPS) is 11.4. The fraction of sp³-hybridized carbons (Fsp3) is 0.167. The number of anilines is 1. The topological polar surface area (TPSA) is 82.0 Å². The Kier molecular flexibility index (Phi) is 2.28. The van der Waals surface area contributed by atoms with Crippen molar-refractivity contribution in [3.63, 3.8) is 0 Å². The summed E-state index contributed by atoms with van der Waals surface area (Å²) in [5.41, 5.74) is 3.08. The Morgan fingerprint density at radius 1 is 1.50 bits per heavy atom. The molecule has 14 heavy (non-hydrogen) atoms. The van der Waals surface area contributed by atoms with Crippen molar-refractivity contribution in [2.45, 2.75) is 6.18 Å². The molecule has 0 aromatic carbocycles. The molecule has 0 bridgehead atoms. The third-order valence-corrected chi connectivity index (χ3v) is 1.41. The van der Waals surface area contributed by atoms with E-state index in [1.165, 1.54) is 0 Å². The lowest BCUT2D eigenvalue weighted by atomic mass is 10.2. The summed E-state index contributed by atoms with van der Waals surface area (Å²) in [6.07, 6.45) is -4.10. The second kappa shape index (κ2) is 3.13. The van der Waals surface area contributed by atoms with Gasteiger partial charge in [0.05, 0.1) is 17.3 Å². The minimum Gasteiger partial charge on any atom is -0.395 e. The molecule has 0 saturated heterocycles. The maximum Gasteiger partial charge on any atom is 0.418 e. The fourth-order valence-corrected chi connectivity index (χ4v) is 0.800. The van der Waals surface area contributed by atoms with E-state index in [0.29, 0.717) is 12.3 Å². The number of halogens is 3. The Morgan fingerprint density at radius 3 is 2.50 bits per heavy atom. The minimum atomic E-state index is -4.71. The Bertz CT molecular complexity index is 377. The largest absolute Gasteiger partial charge is 0.418 e. The summed E-state index contributed by atoms with van der Waals surface area (Å²) < 4.78 is 36.5. The van der Waals surface area contributed by atoms with E-state index in [0.717, 1.165) is 0 Å². The van der Waals surface area contributed by atoms with Crippen LogP contribution in [0.1, 0.15) is 5.56 Å². The molecular weight excluding hydrogens is 203 g/mol. The van der Waals surface area contributed by atoms with E-state index in [1.54, 1.807) is 0 Å². The lowest BCUT2D eigenvalue weighted by Crippen LogP contribution is -2.10. The maximum atomic E-state index is 12.2. The first-order valence-electron chi connectivity index (χ1n) is 3.29. The van der Waals surface area contributed by atoms with Crippen LogP contribution in [0.5, 0.6) is 0 Å². The van der Waals surface area contributed by atoms with Crippen molar-refractivity contribution in [3.8, 4) is 0 Å². The van der Waals surface area contributed by atoms with Crippen LogP contribution in [0.4, 0.5) is 24.7 Å². The number of alkyl halides is 3. The van der Waals surface area contributed by atoms with Gasteiger partial charge in [-0.15, -0.1) is 0 Å². The van der Waals surface area contributed by atoms with Gasteiger partial charge in [0.1, 0.15) is 0 Å². The number of nitrogens with zero attached hydrogens (tertiary/aromatic N) is 2. The van der Waals surface area contributed by atoms with E-state index in [9.17, 15) is 23.3 Å². The van der Waals surface area contributed by atoms with Crippen molar-refractivity contribution < 1.29 is 18.1 Å². The third-order valence-electron chi connectivity index (χ3n) is 1.41. The predicted octanol–water partition coefficient (Wildman–Crippen LogP) is 1.59. The van der Waals surface area contributed by atoms with Gasteiger partial charge in [-0.05, 0) is 9.91 Å². The lowest BCUT2D eigenvalue weighted by Gasteiger charge is -2.07. The predicted molar refractivity (Wildman–Crippen MR) is 40.3 cm³/mol. The van der Waals surface area contributed by atoms with Crippen LogP contribution in [0.2, 0.25) is 0 Å². The van der Waals surface area contributed by atoms with Crippen molar-refractivity contribution in [2.75, 3.05) is 5.73 Å². The molecule has 76 valence electrons. The van der Waals surface area contributed by atoms with Crippen LogP contribution in [0.3, 0.4) is 0 Å². The number of hydrogen-bond acceptors (Lipinski definition) is 4. The molecule has 0 spiro atoms. The first-order chi connectivity index (χ1) is 6.32. The van der Waals surface area contributed by atoms with Gasteiger partial charge in [-0.2, -0.15) is 13.2 Å². The second-order valence-corrected chi connectivity index (χ2v) is 2.38. The molecule has 5 nitrogen and oxygen atoms in total. The van der Waals surface area contributed by atoms with Gasteiger partial charge in [-0.1, -0.05) is 0 Å². The van der Waals surface area contributed by atoms with E-state index < -0.39 is 28.2 Å². The van der Waals surface area contributed by atoms with Crippen LogP contribution in [-0.2, 0) is 6.18 Å². The zero-order valence-electron chi connectivity index (χ0n) is 6.58. The van der Waals surface area contributed by atoms with Gasteiger partial charge in [0.2, 0.25) is 0 Å². The monoisotopic (exact) mass is 207 g/mol. The summed E-state index contributed by atoms with van der Waals surface area (Å²) in [7, 11) is 0. The summed E-state index contributed by atoms with van der Waals surface area (Å²) in [5, 5.41) is 10.1. The molecule has 0 saturated carbocycles. The Morgan fingerprint density at radius 2 is 2.07 bits per heavy atom. The minimum absolute atomic E-state index is 0.301. The molecule has 1 aromatic heterocycles. The molecule has 0 aliphatic carbocycles. The van der Waals surface area contributed by atoms with E-state index in [1.807, 2.05) is 0 Å². The Labute approximate surface area is 75.5 Å². The lowest BCUT2D eigenvalue weighted by molar-refractivity contribution is -0.389. The molecule has 1 heterocycles. The van der Waals surface area contributed by atoms with E-state index in [4.69, 9.17) is 5.73 Å². The summed E-state index contributed by atoms with van der Waals surface area (Å²) in [5.74, 6) is -0.883. The van der Waals surface area contributed by atoms with Crippen LogP contribution < -0.4 is 5.73 Å². The van der Waals surface area contributed by atoms with Crippen LogP contribution in [-0.4, -0.2) is 9.91 Å². The molecule has 8 heteroatoms. The first-order valence-corrected chi connectivity index (χ1v) is 3.29. The summed E-state index contributed by atoms with van der Waals surface area (Å²) in [4.78, 5) is 12.2. The van der Waals surface area contributed by atoms with Crippen molar-refractivity contribution in [3.05, 3.63) is 27.9 Å². The number of aromatic nitrogens is 1. The SMILES string of the molecule is Nc1cnc([N+](=O)[O-])cc1C(F)(F)F. The van der Waals surface area contributed by atoms with Crippen LogP contribution >= 0.6 is 0 Å². The molecule has 1 aromatic rings. The first kappa shape index (κ1) is 10.2. The quantitative estimate of drug-likeness (QED) is 0.559. The average Bonchev–Trinajstić information content (AvgIpc) is 2.02. The molecule has 0 atom stereocenters. The van der Waals surface area contributed by atoms with Gasteiger partial charge in [0, 0.05) is 0 Å². The van der Waals surface area contributed by atoms with Crippen molar-refractivity contribution >= 4 is 11.5 Å². The standard InChI is InChI=1S/C6H4F3N3O2/c7-6(8,9)3-1-5(12(13)14)11-2-4(3)10/h1-2H,10H2. The zero-order chi connectivity index (χ0) is 10.9. The molecule has 0 radical (unpaired) electrons. The molecule has 0 unspecified atom stereocenters. The highest BCUT2D eigenvalue weighted by molar-refractivity contribution is 5.49.